The molecular weight excluding hydrogens is 376 g/mol. The standard InChI is InChI=1S/C29H38N2/c1-2-3-4-25(30)22-13-14-23(15-22)27-28-26(29(27)28)21-11-9-19(10-12-21)18-5-7-20(8-6-18)24-16-31-17-24/h5-7,9-11,16-17,20-23,25-29H,2-4,8,12-15,30H2,1H3/t20?,21?,22-,23?,25?,26?,27?,28+,29?/m0/s1. The van der Waals surface area contributed by atoms with Gasteiger partial charge in [0.2, 0.25) is 0 Å². The molecule has 9 atom stereocenters. The van der Waals surface area contributed by atoms with Crippen LogP contribution in [0.1, 0.15) is 58.3 Å². The predicted octanol–water partition coefficient (Wildman–Crippen LogP) is 6.39. The zero-order valence-corrected chi connectivity index (χ0v) is 19.0. The van der Waals surface area contributed by atoms with E-state index in [1.807, 2.05) is 12.4 Å². The molecule has 3 saturated carbocycles. The molecule has 5 aliphatic carbocycles. The van der Waals surface area contributed by atoms with Gasteiger partial charge in [0.1, 0.15) is 0 Å². The zero-order chi connectivity index (χ0) is 20.9. The second kappa shape index (κ2) is 8.03. The SMILES string of the molecule is CCCCC(N)[C@H]1CCC(C2C3C(C4C=CC(C5=CCC(C6=CN=C6)C=C5)=CC4)[C@H]23)C1. The van der Waals surface area contributed by atoms with Crippen LogP contribution in [-0.2, 0) is 0 Å². The van der Waals surface area contributed by atoms with Gasteiger partial charge in [0.15, 0.2) is 0 Å². The fourth-order valence-corrected chi connectivity index (χ4v) is 7.37. The van der Waals surface area contributed by atoms with E-state index in [1.165, 1.54) is 61.7 Å². The molecule has 0 aromatic carbocycles. The van der Waals surface area contributed by atoms with Gasteiger partial charge in [-0.1, -0.05) is 56.2 Å². The zero-order valence-electron chi connectivity index (χ0n) is 19.0. The Balaban J connectivity index is 0.963. The first kappa shape index (κ1) is 20.0. The summed E-state index contributed by atoms with van der Waals surface area (Å²) in [6.45, 7) is 2.28. The third-order valence-electron chi connectivity index (χ3n) is 9.43. The molecule has 31 heavy (non-hydrogen) atoms. The van der Waals surface area contributed by atoms with Gasteiger partial charge >= 0.3 is 0 Å². The topological polar surface area (TPSA) is 38.4 Å². The minimum absolute atomic E-state index is 0.470. The lowest BCUT2D eigenvalue weighted by Gasteiger charge is -2.26. The summed E-state index contributed by atoms with van der Waals surface area (Å²) in [4.78, 5) is 4.11. The van der Waals surface area contributed by atoms with E-state index in [0.717, 1.165) is 47.8 Å². The number of nitrogens with zero attached hydrogens (tertiary/aromatic N) is 1. The maximum atomic E-state index is 6.51. The summed E-state index contributed by atoms with van der Waals surface area (Å²) in [7, 11) is 0. The molecule has 7 unspecified atom stereocenters. The Morgan fingerprint density at radius 2 is 1.77 bits per heavy atom. The Kier molecular flexibility index (Phi) is 5.17. The van der Waals surface area contributed by atoms with E-state index in [0.29, 0.717) is 12.0 Å². The van der Waals surface area contributed by atoms with E-state index >= 15 is 0 Å². The molecule has 2 nitrogen and oxygen atoms in total. The van der Waals surface area contributed by atoms with Crippen LogP contribution in [0.2, 0.25) is 0 Å². The van der Waals surface area contributed by atoms with Gasteiger partial charge in [0.25, 0.3) is 0 Å². The van der Waals surface area contributed by atoms with Gasteiger partial charge in [-0.3, -0.25) is 4.99 Å². The van der Waals surface area contributed by atoms with Crippen molar-refractivity contribution in [3.8, 4) is 0 Å². The highest BCUT2D eigenvalue weighted by Crippen LogP contribution is 2.79. The number of allylic oxidation sites excluding steroid dienone is 9. The molecular formula is C29H38N2. The molecule has 0 aromatic heterocycles. The quantitative estimate of drug-likeness (QED) is 0.491. The van der Waals surface area contributed by atoms with Gasteiger partial charge in [0.05, 0.1) is 0 Å². The first-order valence-corrected chi connectivity index (χ1v) is 13.0. The highest BCUT2D eigenvalue weighted by molar-refractivity contribution is 5.85. The first-order valence-electron chi connectivity index (χ1n) is 13.0. The van der Waals surface area contributed by atoms with Crippen molar-refractivity contribution in [1.29, 1.82) is 0 Å². The summed E-state index contributed by atoms with van der Waals surface area (Å²) in [5.41, 5.74) is 10.7. The van der Waals surface area contributed by atoms with Crippen molar-refractivity contribution in [2.24, 2.45) is 58.1 Å². The van der Waals surface area contributed by atoms with Gasteiger partial charge in [0, 0.05) is 24.4 Å². The molecule has 2 N–H and O–H groups in total. The van der Waals surface area contributed by atoms with Gasteiger partial charge in [-0.2, -0.15) is 0 Å². The van der Waals surface area contributed by atoms with Gasteiger partial charge in [-0.25, -0.2) is 0 Å². The fraction of sp³-hybridized carbons (Fsp3) is 0.621. The first-order chi connectivity index (χ1) is 15.2. The normalized spacial score (nSPS) is 43.0. The van der Waals surface area contributed by atoms with Crippen molar-refractivity contribution in [3.05, 3.63) is 59.4 Å². The molecule has 6 rings (SSSR count). The van der Waals surface area contributed by atoms with Gasteiger partial charge < -0.3 is 5.73 Å². The van der Waals surface area contributed by atoms with E-state index in [2.05, 4.69) is 48.4 Å². The molecule has 0 amide bonds. The van der Waals surface area contributed by atoms with Crippen LogP contribution in [0.5, 0.6) is 0 Å². The lowest BCUT2D eigenvalue weighted by molar-refractivity contribution is 0.284. The molecule has 0 spiro atoms. The smallest absolute Gasteiger partial charge is 0.0321 e. The lowest BCUT2D eigenvalue weighted by atomic mass is 9.79. The van der Waals surface area contributed by atoms with E-state index in [-0.39, 0.29) is 0 Å². The second-order valence-electron chi connectivity index (χ2n) is 11.1. The van der Waals surface area contributed by atoms with Crippen LogP contribution < -0.4 is 5.73 Å². The third-order valence-corrected chi connectivity index (χ3v) is 9.43. The summed E-state index contributed by atoms with van der Waals surface area (Å²) < 4.78 is 0. The monoisotopic (exact) mass is 414 g/mol. The minimum Gasteiger partial charge on any atom is -0.327 e. The molecule has 1 aliphatic heterocycles. The van der Waals surface area contributed by atoms with Crippen molar-refractivity contribution in [2.45, 2.75) is 64.3 Å². The van der Waals surface area contributed by atoms with E-state index < -0.39 is 0 Å². The summed E-state index contributed by atoms with van der Waals surface area (Å²) >= 11 is 0. The average Bonchev–Trinajstić information content (AvgIpc) is 3.62. The summed E-state index contributed by atoms with van der Waals surface area (Å²) in [6.07, 6.45) is 29.1. The summed E-state index contributed by atoms with van der Waals surface area (Å²) in [6, 6.07) is 0.470. The van der Waals surface area contributed by atoms with Crippen molar-refractivity contribution in [3.63, 3.8) is 0 Å². The number of hydrogen-bond acceptors (Lipinski definition) is 2. The van der Waals surface area contributed by atoms with Crippen LogP contribution in [0.15, 0.2) is 64.4 Å². The van der Waals surface area contributed by atoms with Crippen molar-refractivity contribution in [2.75, 3.05) is 0 Å². The molecule has 0 bridgehead atoms. The summed E-state index contributed by atoms with van der Waals surface area (Å²) in [5.74, 6) is 7.35. The van der Waals surface area contributed by atoms with Crippen LogP contribution in [0.4, 0.5) is 0 Å². The predicted molar refractivity (Wildman–Crippen MR) is 130 cm³/mol. The highest BCUT2D eigenvalue weighted by atomic mass is 14.8. The lowest BCUT2D eigenvalue weighted by Crippen LogP contribution is -2.28. The second-order valence-corrected chi connectivity index (χ2v) is 11.1. The molecule has 0 radical (unpaired) electrons. The fourth-order valence-electron chi connectivity index (χ4n) is 7.37. The average molecular weight is 415 g/mol. The molecule has 164 valence electrons. The third kappa shape index (κ3) is 3.65. The molecule has 0 saturated heterocycles. The van der Waals surface area contributed by atoms with Crippen molar-refractivity contribution < 1.29 is 0 Å². The number of nitrogens with two attached hydrogens (primary N) is 1. The number of hydrogen-bond donors (Lipinski definition) is 1. The Hall–Kier alpha value is -1.67. The van der Waals surface area contributed by atoms with E-state index in [9.17, 15) is 0 Å². The van der Waals surface area contributed by atoms with E-state index in [1.54, 1.807) is 0 Å². The Morgan fingerprint density at radius 1 is 1.00 bits per heavy atom. The number of unbranched alkanes of at least 4 members (excludes halogenated alkanes) is 1. The highest BCUT2D eigenvalue weighted by Gasteiger charge is 2.75. The maximum absolute atomic E-state index is 6.51. The molecule has 0 aromatic rings. The number of aliphatic imine (C=N–C) groups is 1. The number of rotatable bonds is 8. The van der Waals surface area contributed by atoms with Crippen LogP contribution >= 0.6 is 0 Å². The Bertz CT molecular complexity index is 890. The minimum atomic E-state index is 0.470. The van der Waals surface area contributed by atoms with Crippen molar-refractivity contribution in [1.82, 2.24) is 0 Å². The van der Waals surface area contributed by atoms with Crippen LogP contribution in [0, 0.1) is 47.3 Å². The van der Waals surface area contributed by atoms with Gasteiger partial charge in [-0.15, -0.1) is 0 Å². The largest absolute Gasteiger partial charge is 0.327 e. The molecule has 6 aliphatic rings. The summed E-state index contributed by atoms with van der Waals surface area (Å²) in [5, 5.41) is 0. The molecule has 1 heterocycles. The molecule has 3 fully saturated rings. The Morgan fingerprint density at radius 3 is 2.39 bits per heavy atom. The van der Waals surface area contributed by atoms with Crippen LogP contribution in [0.25, 0.3) is 0 Å². The van der Waals surface area contributed by atoms with E-state index in [4.69, 9.17) is 5.73 Å². The van der Waals surface area contributed by atoms with Gasteiger partial charge in [-0.05, 0) is 96.7 Å². The van der Waals surface area contributed by atoms with Crippen LogP contribution in [-0.4, -0.2) is 12.3 Å². The molecule has 2 heteroatoms. The van der Waals surface area contributed by atoms with Crippen LogP contribution in [0.3, 0.4) is 0 Å². The van der Waals surface area contributed by atoms with Crippen molar-refractivity contribution >= 4 is 6.21 Å². The maximum Gasteiger partial charge on any atom is 0.0321 e. The number of fused-ring (bicyclic) bond motifs is 1. The Labute approximate surface area is 188 Å².